The SMILES string of the molecule is C[C@H](NC(=O)c1cc(N2CCC(c3cccc(C(N)=O)n3)CC2)nc(OCC2(C#N)CC2)n1)C(C)(F)F. The number of aromatic nitrogens is 3. The molecule has 1 aliphatic heterocycles. The van der Waals surface area contributed by atoms with Gasteiger partial charge in [-0.2, -0.15) is 15.2 Å². The summed E-state index contributed by atoms with van der Waals surface area (Å²) >= 11 is 0. The van der Waals surface area contributed by atoms with Crippen molar-refractivity contribution in [3.63, 3.8) is 0 Å². The lowest BCUT2D eigenvalue weighted by Gasteiger charge is -2.33. The summed E-state index contributed by atoms with van der Waals surface area (Å²) in [7, 11) is 0. The molecule has 196 valence electrons. The molecule has 2 aliphatic rings. The minimum atomic E-state index is -3.11. The van der Waals surface area contributed by atoms with E-state index < -0.39 is 29.2 Å². The maximum atomic E-state index is 13.6. The Morgan fingerprint density at radius 1 is 1.27 bits per heavy atom. The van der Waals surface area contributed by atoms with Crippen LogP contribution < -0.4 is 20.7 Å². The molecule has 2 aromatic rings. The molecule has 37 heavy (non-hydrogen) atoms. The summed E-state index contributed by atoms with van der Waals surface area (Å²) in [5.41, 5.74) is 5.67. The summed E-state index contributed by atoms with van der Waals surface area (Å²) in [6, 6.07) is 7.37. The Hall–Kier alpha value is -3.88. The van der Waals surface area contributed by atoms with E-state index in [1.807, 2.05) is 11.0 Å². The number of hydrogen-bond donors (Lipinski definition) is 2. The molecular formula is C25H29F2N7O3. The average Bonchev–Trinajstić information content (AvgIpc) is 3.67. The summed E-state index contributed by atoms with van der Waals surface area (Å²) in [6.07, 6.45) is 2.82. The number of carbonyl (C=O) groups is 2. The molecule has 0 aromatic carbocycles. The molecule has 0 unspecified atom stereocenters. The van der Waals surface area contributed by atoms with Crippen LogP contribution in [-0.2, 0) is 0 Å². The van der Waals surface area contributed by atoms with Crippen LogP contribution in [0.25, 0.3) is 0 Å². The maximum absolute atomic E-state index is 13.6. The molecule has 12 heteroatoms. The fraction of sp³-hybridized carbons (Fsp3) is 0.520. The molecule has 2 aromatic heterocycles. The lowest BCUT2D eigenvalue weighted by molar-refractivity contribution is -0.0109. The van der Waals surface area contributed by atoms with Crippen LogP contribution in [0.2, 0.25) is 0 Å². The molecule has 10 nitrogen and oxygen atoms in total. The number of ether oxygens (including phenoxy) is 1. The first-order valence-corrected chi connectivity index (χ1v) is 12.1. The van der Waals surface area contributed by atoms with Gasteiger partial charge in [-0.1, -0.05) is 6.07 Å². The highest BCUT2D eigenvalue weighted by Crippen LogP contribution is 2.45. The molecule has 1 aliphatic carbocycles. The third-order valence-electron chi connectivity index (χ3n) is 6.86. The molecule has 2 fully saturated rings. The Kier molecular flexibility index (Phi) is 7.25. The van der Waals surface area contributed by atoms with Gasteiger partial charge in [-0.25, -0.2) is 13.8 Å². The van der Waals surface area contributed by atoms with E-state index in [1.54, 1.807) is 12.1 Å². The van der Waals surface area contributed by atoms with Crippen molar-refractivity contribution in [2.45, 2.75) is 57.4 Å². The third kappa shape index (κ3) is 6.28. The highest BCUT2D eigenvalue weighted by atomic mass is 19.3. The van der Waals surface area contributed by atoms with E-state index >= 15 is 0 Å². The van der Waals surface area contributed by atoms with Crippen LogP contribution in [0.1, 0.15) is 72.1 Å². The largest absolute Gasteiger partial charge is 0.462 e. The second kappa shape index (κ2) is 10.2. The number of halogens is 2. The number of primary amides is 1. The topological polar surface area (TPSA) is 147 Å². The van der Waals surface area contributed by atoms with Gasteiger partial charge in [0, 0.05) is 37.7 Å². The number of nitriles is 1. The number of carbonyl (C=O) groups excluding carboxylic acids is 2. The van der Waals surface area contributed by atoms with E-state index in [2.05, 4.69) is 26.3 Å². The molecule has 1 saturated heterocycles. The minimum absolute atomic E-state index is 0.0847. The van der Waals surface area contributed by atoms with Crippen LogP contribution in [0.4, 0.5) is 14.6 Å². The molecule has 3 heterocycles. The van der Waals surface area contributed by atoms with E-state index in [1.165, 1.54) is 13.0 Å². The zero-order valence-electron chi connectivity index (χ0n) is 20.7. The van der Waals surface area contributed by atoms with Gasteiger partial charge < -0.3 is 20.7 Å². The van der Waals surface area contributed by atoms with Crippen molar-refractivity contribution in [1.82, 2.24) is 20.3 Å². The van der Waals surface area contributed by atoms with Crippen molar-refractivity contribution in [2.24, 2.45) is 11.1 Å². The average molecular weight is 514 g/mol. The first-order valence-electron chi connectivity index (χ1n) is 12.1. The Balaban J connectivity index is 1.52. The first-order chi connectivity index (χ1) is 17.5. The zero-order valence-corrected chi connectivity index (χ0v) is 20.7. The standard InChI is InChI=1S/C25H29F2N7O3/c1-15(24(2,26)27)30-22(36)19-12-20(33-23(32-19)37-14-25(13-28)8-9-25)34-10-6-16(7-11-34)17-4-3-5-18(31-17)21(29)35/h3-5,12,15-16H,6-11,14H2,1-2H3,(H2,29,35)(H,30,36)/t15-/m0/s1. The van der Waals surface area contributed by atoms with Crippen LogP contribution in [0.3, 0.4) is 0 Å². The fourth-order valence-electron chi connectivity index (χ4n) is 4.02. The maximum Gasteiger partial charge on any atom is 0.319 e. The smallest absolute Gasteiger partial charge is 0.319 e. The van der Waals surface area contributed by atoms with Crippen LogP contribution in [0.15, 0.2) is 24.3 Å². The number of hydrogen-bond acceptors (Lipinski definition) is 8. The first kappa shape index (κ1) is 26.2. The van der Waals surface area contributed by atoms with Crippen LogP contribution >= 0.6 is 0 Å². The lowest BCUT2D eigenvalue weighted by Crippen LogP contribution is -2.44. The van der Waals surface area contributed by atoms with Crippen molar-refractivity contribution in [3.05, 3.63) is 41.3 Å². The van der Waals surface area contributed by atoms with E-state index in [-0.39, 0.29) is 29.9 Å². The summed E-state index contributed by atoms with van der Waals surface area (Å²) in [5, 5.41) is 11.6. The quantitative estimate of drug-likeness (QED) is 0.520. The Bertz CT molecular complexity index is 1220. The van der Waals surface area contributed by atoms with Gasteiger partial charge >= 0.3 is 6.01 Å². The number of nitrogens with zero attached hydrogens (tertiary/aromatic N) is 5. The lowest BCUT2D eigenvalue weighted by atomic mass is 9.93. The molecule has 3 N–H and O–H groups in total. The van der Waals surface area contributed by atoms with Gasteiger partial charge in [-0.05, 0) is 44.7 Å². The van der Waals surface area contributed by atoms with E-state index in [4.69, 9.17) is 10.5 Å². The van der Waals surface area contributed by atoms with Crippen molar-refractivity contribution in [2.75, 3.05) is 24.6 Å². The van der Waals surface area contributed by atoms with E-state index in [0.29, 0.717) is 44.6 Å². The van der Waals surface area contributed by atoms with Gasteiger partial charge in [-0.15, -0.1) is 0 Å². The second-order valence-electron chi connectivity index (χ2n) is 9.80. The molecule has 2 amide bonds. The van der Waals surface area contributed by atoms with Crippen molar-refractivity contribution in [1.29, 1.82) is 5.26 Å². The van der Waals surface area contributed by atoms with E-state index in [0.717, 1.165) is 12.6 Å². The summed E-state index contributed by atoms with van der Waals surface area (Å²) in [5.74, 6) is -3.94. The van der Waals surface area contributed by atoms with Crippen molar-refractivity contribution < 1.29 is 23.1 Å². The Morgan fingerprint density at radius 2 is 1.97 bits per heavy atom. The van der Waals surface area contributed by atoms with E-state index in [9.17, 15) is 23.6 Å². The number of pyridine rings is 1. The number of alkyl halides is 2. The van der Waals surface area contributed by atoms with Crippen molar-refractivity contribution in [3.8, 4) is 12.1 Å². The van der Waals surface area contributed by atoms with Crippen LogP contribution in [0.5, 0.6) is 6.01 Å². The summed E-state index contributed by atoms with van der Waals surface area (Å²) < 4.78 is 33.0. The predicted octanol–water partition coefficient (Wildman–Crippen LogP) is 2.81. The number of nitrogens with one attached hydrogen (secondary N) is 1. The normalized spacial score (nSPS) is 18.0. The predicted molar refractivity (Wildman–Crippen MR) is 129 cm³/mol. The highest BCUT2D eigenvalue weighted by molar-refractivity contribution is 5.93. The molecule has 4 rings (SSSR count). The molecule has 0 bridgehead atoms. The summed E-state index contributed by atoms with van der Waals surface area (Å²) in [4.78, 5) is 39.2. The zero-order chi connectivity index (χ0) is 26.8. The van der Waals surface area contributed by atoms with Crippen molar-refractivity contribution >= 4 is 17.6 Å². The van der Waals surface area contributed by atoms with Gasteiger partial charge in [0.2, 0.25) is 0 Å². The van der Waals surface area contributed by atoms with Gasteiger partial charge in [-0.3, -0.25) is 9.59 Å². The molecule has 1 atom stereocenters. The van der Waals surface area contributed by atoms with Gasteiger partial charge in [0.15, 0.2) is 0 Å². The number of anilines is 1. The number of rotatable bonds is 9. The van der Waals surface area contributed by atoms with Gasteiger partial charge in [0.05, 0.1) is 17.5 Å². The Labute approximate surface area is 213 Å². The number of piperidine rings is 1. The molecular weight excluding hydrogens is 484 g/mol. The minimum Gasteiger partial charge on any atom is -0.462 e. The summed E-state index contributed by atoms with van der Waals surface area (Å²) in [6.45, 7) is 3.16. The fourth-order valence-corrected chi connectivity index (χ4v) is 4.02. The van der Waals surface area contributed by atoms with Crippen LogP contribution in [-0.4, -0.2) is 58.4 Å². The number of amides is 2. The van der Waals surface area contributed by atoms with Gasteiger partial charge in [0.25, 0.3) is 17.7 Å². The second-order valence-corrected chi connectivity index (χ2v) is 9.80. The molecule has 0 radical (unpaired) electrons. The monoisotopic (exact) mass is 513 g/mol. The molecule has 1 saturated carbocycles. The van der Waals surface area contributed by atoms with Crippen LogP contribution in [0, 0.1) is 16.7 Å². The third-order valence-corrected chi connectivity index (χ3v) is 6.86. The number of nitrogens with two attached hydrogens (primary N) is 1. The Morgan fingerprint density at radius 3 is 2.57 bits per heavy atom. The molecule has 0 spiro atoms. The van der Waals surface area contributed by atoms with Gasteiger partial charge in [0.1, 0.15) is 23.8 Å². The highest BCUT2D eigenvalue weighted by Gasteiger charge is 2.44.